The van der Waals surface area contributed by atoms with E-state index in [4.69, 9.17) is 4.52 Å². The van der Waals surface area contributed by atoms with Crippen LogP contribution in [0.1, 0.15) is 36.8 Å². The summed E-state index contributed by atoms with van der Waals surface area (Å²) < 4.78 is 4.98. The van der Waals surface area contributed by atoms with Crippen molar-refractivity contribution in [2.24, 2.45) is 5.92 Å². The van der Waals surface area contributed by atoms with E-state index in [1.165, 1.54) is 5.56 Å². The average molecular weight is 274 g/mol. The molecule has 2 N–H and O–H groups in total. The fourth-order valence-corrected chi connectivity index (χ4v) is 2.13. The highest BCUT2D eigenvalue weighted by Gasteiger charge is 2.08. The van der Waals surface area contributed by atoms with Gasteiger partial charge in [0.25, 0.3) is 0 Å². The molecular weight excluding hydrogens is 252 g/mol. The molecule has 1 heterocycles. The number of hydrogen-bond donors (Lipinski definition) is 2. The Morgan fingerprint density at radius 1 is 1.20 bits per heavy atom. The zero-order valence-electron chi connectivity index (χ0n) is 12.0. The summed E-state index contributed by atoms with van der Waals surface area (Å²) in [5.41, 5.74) is 2.24. The second-order valence-electron chi connectivity index (χ2n) is 5.46. The molecule has 4 heteroatoms. The molecule has 0 aliphatic heterocycles. The lowest BCUT2D eigenvalue weighted by molar-refractivity contribution is 0.173. The first-order valence-electron chi connectivity index (χ1n) is 7.02. The van der Waals surface area contributed by atoms with Crippen LogP contribution in [0.15, 0.2) is 41.1 Å². The number of nitrogens with one attached hydrogen (secondary N) is 1. The van der Waals surface area contributed by atoms with Gasteiger partial charge in [-0.3, -0.25) is 0 Å². The average Bonchev–Trinajstić information content (AvgIpc) is 2.92. The van der Waals surface area contributed by atoms with E-state index in [9.17, 15) is 5.11 Å². The minimum atomic E-state index is -0.508. The van der Waals surface area contributed by atoms with Crippen LogP contribution >= 0.6 is 0 Å². The predicted octanol–water partition coefficient (Wildman–Crippen LogP) is 2.70. The van der Waals surface area contributed by atoms with E-state index in [-0.39, 0.29) is 0 Å². The SMILES string of the molecule is CC(C)Cc1ccc(C(O)CNCc2ccno2)cc1. The number of rotatable bonds is 7. The zero-order valence-corrected chi connectivity index (χ0v) is 12.0. The number of hydrogen-bond acceptors (Lipinski definition) is 4. The summed E-state index contributed by atoms with van der Waals surface area (Å²) in [6.07, 6.45) is 2.17. The molecule has 0 aliphatic rings. The maximum Gasteiger partial charge on any atom is 0.150 e. The standard InChI is InChI=1S/C16H22N2O2/c1-12(2)9-13-3-5-14(6-4-13)16(19)11-17-10-15-7-8-18-20-15/h3-8,12,16-17,19H,9-11H2,1-2H3. The highest BCUT2D eigenvalue weighted by atomic mass is 16.5. The van der Waals surface area contributed by atoms with Crippen molar-refractivity contribution in [1.29, 1.82) is 0 Å². The molecule has 0 amide bonds. The fourth-order valence-electron chi connectivity index (χ4n) is 2.13. The Bertz CT molecular complexity index is 492. The smallest absolute Gasteiger partial charge is 0.150 e. The van der Waals surface area contributed by atoms with Crippen LogP contribution in [-0.4, -0.2) is 16.8 Å². The molecule has 0 fully saturated rings. The molecule has 0 saturated heterocycles. The van der Waals surface area contributed by atoms with Crippen LogP contribution in [0.2, 0.25) is 0 Å². The molecule has 4 nitrogen and oxygen atoms in total. The minimum absolute atomic E-state index is 0.490. The van der Waals surface area contributed by atoms with Crippen molar-refractivity contribution in [1.82, 2.24) is 10.5 Å². The van der Waals surface area contributed by atoms with Gasteiger partial charge in [-0.05, 0) is 23.5 Å². The van der Waals surface area contributed by atoms with Crippen LogP contribution in [-0.2, 0) is 13.0 Å². The van der Waals surface area contributed by atoms with Crippen LogP contribution in [0.5, 0.6) is 0 Å². The lowest BCUT2D eigenvalue weighted by Gasteiger charge is -2.12. The summed E-state index contributed by atoms with van der Waals surface area (Å²) in [6, 6.07) is 9.99. The zero-order chi connectivity index (χ0) is 14.4. The number of aliphatic hydroxyl groups excluding tert-OH is 1. The van der Waals surface area contributed by atoms with Crippen LogP contribution in [0.25, 0.3) is 0 Å². The van der Waals surface area contributed by atoms with Crippen molar-refractivity contribution in [2.75, 3.05) is 6.54 Å². The monoisotopic (exact) mass is 274 g/mol. The molecule has 108 valence electrons. The van der Waals surface area contributed by atoms with Crippen molar-refractivity contribution in [2.45, 2.75) is 32.9 Å². The molecule has 0 saturated carbocycles. The van der Waals surface area contributed by atoms with E-state index in [1.807, 2.05) is 12.1 Å². The van der Waals surface area contributed by atoms with Gasteiger partial charge in [-0.25, -0.2) is 0 Å². The van der Waals surface area contributed by atoms with Crippen molar-refractivity contribution >= 4 is 0 Å². The normalized spacial score (nSPS) is 12.8. The first-order chi connectivity index (χ1) is 9.65. The van der Waals surface area contributed by atoms with E-state index in [0.717, 1.165) is 17.7 Å². The van der Waals surface area contributed by atoms with Gasteiger partial charge in [0.1, 0.15) is 5.76 Å². The summed E-state index contributed by atoms with van der Waals surface area (Å²) in [5, 5.41) is 16.9. The maximum absolute atomic E-state index is 10.1. The van der Waals surface area contributed by atoms with Crippen molar-refractivity contribution in [3.63, 3.8) is 0 Å². The lowest BCUT2D eigenvalue weighted by atomic mass is 10.0. The van der Waals surface area contributed by atoms with E-state index in [2.05, 4.69) is 36.5 Å². The third-order valence-electron chi connectivity index (χ3n) is 3.14. The van der Waals surface area contributed by atoms with Gasteiger partial charge in [0.2, 0.25) is 0 Å². The predicted molar refractivity (Wildman–Crippen MR) is 78.2 cm³/mol. The highest BCUT2D eigenvalue weighted by molar-refractivity contribution is 5.24. The van der Waals surface area contributed by atoms with Gasteiger partial charge < -0.3 is 14.9 Å². The molecule has 1 unspecified atom stereocenters. The van der Waals surface area contributed by atoms with Crippen molar-refractivity contribution in [3.05, 3.63) is 53.4 Å². The number of nitrogens with zero attached hydrogens (tertiary/aromatic N) is 1. The molecular formula is C16H22N2O2. The Morgan fingerprint density at radius 3 is 2.55 bits per heavy atom. The van der Waals surface area contributed by atoms with Crippen molar-refractivity contribution in [3.8, 4) is 0 Å². The highest BCUT2D eigenvalue weighted by Crippen LogP contribution is 2.15. The summed E-state index contributed by atoms with van der Waals surface area (Å²) in [7, 11) is 0. The second-order valence-corrected chi connectivity index (χ2v) is 5.46. The van der Waals surface area contributed by atoms with Gasteiger partial charge in [-0.1, -0.05) is 43.3 Å². The Balaban J connectivity index is 1.81. The molecule has 0 aliphatic carbocycles. The molecule has 1 aromatic heterocycles. The van der Waals surface area contributed by atoms with Gasteiger partial charge in [-0.2, -0.15) is 0 Å². The van der Waals surface area contributed by atoms with Crippen LogP contribution in [0.3, 0.4) is 0 Å². The Labute approximate surface area is 119 Å². The third kappa shape index (κ3) is 4.47. The lowest BCUT2D eigenvalue weighted by Crippen LogP contribution is -2.20. The summed E-state index contributed by atoms with van der Waals surface area (Å²) >= 11 is 0. The molecule has 20 heavy (non-hydrogen) atoms. The van der Waals surface area contributed by atoms with Gasteiger partial charge in [0.15, 0.2) is 0 Å². The van der Waals surface area contributed by atoms with Gasteiger partial charge >= 0.3 is 0 Å². The second kappa shape index (κ2) is 7.22. The summed E-state index contributed by atoms with van der Waals surface area (Å²) in [6.45, 7) is 5.47. The summed E-state index contributed by atoms with van der Waals surface area (Å²) in [4.78, 5) is 0. The van der Waals surface area contributed by atoms with E-state index < -0.39 is 6.10 Å². The molecule has 2 rings (SSSR count). The van der Waals surface area contributed by atoms with Gasteiger partial charge in [-0.15, -0.1) is 0 Å². The fraction of sp³-hybridized carbons (Fsp3) is 0.438. The largest absolute Gasteiger partial charge is 0.387 e. The molecule has 1 aromatic carbocycles. The molecule has 0 bridgehead atoms. The third-order valence-corrected chi connectivity index (χ3v) is 3.14. The Kier molecular flexibility index (Phi) is 5.32. The summed E-state index contributed by atoms with van der Waals surface area (Å²) in [5.74, 6) is 1.42. The van der Waals surface area contributed by atoms with Crippen LogP contribution < -0.4 is 5.32 Å². The van der Waals surface area contributed by atoms with Crippen molar-refractivity contribution < 1.29 is 9.63 Å². The van der Waals surface area contributed by atoms with Gasteiger partial charge in [0, 0.05) is 12.6 Å². The van der Waals surface area contributed by atoms with Crippen LogP contribution in [0.4, 0.5) is 0 Å². The molecule has 0 radical (unpaired) electrons. The van der Waals surface area contributed by atoms with E-state index in [0.29, 0.717) is 19.0 Å². The first kappa shape index (κ1) is 14.8. The molecule has 2 aromatic rings. The Hall–Kier alpha value is -1.65. The topological polar surface area (TPSA) is 58.3 Å². The Morgan fingerprint density at radius 2 is 1.95 bits per heavy atom. The van der Waals surface area contributed by atoms with E-state index >= 15 is 0 Å². The van der Waals surface area contributed by atoms with Gasteiger partial charge in [0.05, 0.1) is 18.8 Å². The number of aliphatic hydroxyl groups is 1. The van der Waals surface area contributed by atoms with Crippen LogP contribution in [0, 0.1) is 5.92 Å². The molecule has 0 spiro atoms. The molecule has 1 atom stereocenters. The quantitative estimate of drug-likeness (QED) is 0.815. The first-order valence-corrected chi connectivity index (χ1v) is 7.02. The minimum Gasteiger partial charge on any atom is -0.387 e. The maximum atomic E-state index is 10.1. The van der Waals surface area contributed by atoms with E-state index in [1.54, 1.807) is 12.3 Å². The number of aromatic nitrogens is 1. The number of benzene rings is 1.